The SMILES string of the molecule is CCCCCCc1ccc(-c2ccc3cc(C#Cc4ccc(CCC)cc4)ccc3c2F)cc1. The van der Waals surface area contributed by atoms with E-state index in [4.69, 9.17) is 0 Å². The van der Waals surface area contributed by atoms with Gasteiger partial charge in [0.15, 0.2) is 0 Å². The molecule has 4 aromatic rings. The van der Waals surface area contributed by atoms with Gasteiger partial charge in [0.25, 0.3) is 0 Å². The van der Waals surface area contributed by atoms with Gasteiger partial charge in [-0.1, -0.05) is 106 Å². The van der Waals surface area contributed by atoms with Gasteiger partial charge in [-0.15, -0.1) is 0 Å². The lowest BCUT2D eigenvalue weighted by Gasteiger charge is -2.09. The molecular formula is C33H33F. The minimum Gasteiger partial charge on any atom is -0.206 e. The van der Waals surface area contributed by atoms with Gasteiger partial charge < -0.3 is 0 Å². The van der Waals surface area contributed by atoms with Crippen molar-refractivity contribution in [2.45, 2.75) is 58.8 Å². The molecule has 0 amide bonds. The Balaban J connectivity index is 1.51. The van der Waals surface area contributed by atoms with Gasteiger partial charge in [0.05, 0.1) is 0 Å². The third-order valence-corrected chi connectivity index (χ3v) is 6.38. The Labute approximate surface area is 203 Å². The van der Waals surface area contributed by atoms with Crippen LogP contribution in [0.5, 0.6) is 0 Å². The van der Waals surface area contributed by atoms with Crippen LogP contribution in [0.15, 0.2) is 78.9 Å². The normalized spacial score (nSPS) is 10.8. The van der Waals surface area contributed by atoms with Crippen LogP contribution >= 0.6 is 0 Å². The van der Waals surface area contributed by atoms with Crippen molar-refractivity contribution in [2.75, 3.05) is 0 Å². The number of halogens is 1. The molecule has 0 bridgehead atoms. The molecule has 0 aliphatic heterocycles. The number of hydrogen-bond acceptors (Lipinski definition) is 0. The first kappa shape index (κ1) is 23.8. The van der Waals surface area contributed by atoms with E-state index in [2.05, 4.69) is 62.1 Å². The summed E-state index contributed by atoms with van der Waals surface area (Å²) in [7, 11) is 0. The van der Waals surface area contributed by atoms with Gasteiger partial charge in [-0.05, 0) is 65.6 Å². The van der Waals surface area contributed by atoms with Crippen LogP contribution in [-0.2, 0) is 12.8 Å². The van der Waals surface area contributed by atoms with Crippen LogP contribution in [0.1, 0.15) is 68.2 Å². The maximum absolute atomic E-state index is 15.4. The second kappa shape index (κ2) is 11.7. The van der Waals surface area contributed by atoms with Crippen molar-refractivity contribution in [3.05, 3.63) is 107 Å². The summed E-state index contributed by atoms with van der Waals surface area (Å²) in [5, 5.41) is 1.51. The van der Waals surface area contributed by atoms with Crippen LogP contribution in [0.25, 0.3) is 21.9 Å². The molecule has 0 aliphatic carbocycles. The molecule has 0 unspecified atom stereocenters. The molecule has 0 saturated heterocycles. The molecule has 0 nitrogen and oxygen atoms in total. The second-order valence-electron chi connectivity index (χ2n) is 9.07. The van der Waals surface area contributed by atoms with Crippen molar-refractivity contribution in [1.29, 1.82) is 0 Å². The molecule has 0 atom stereocenters. The van der Waals surface area contributed by atoms with E-state index >= 15 is 4.39 Å². The number of unbranched alkanes of at least 4 members (excludes halogenated alkanes) is 3. The summed E-state index contributed by atoms with van der Waals surface area (Å²) >= 11 is 0. The van der Waals surface area contributed by atoms with E-state index in [0.717, 1.165) is 41.3 Å². The Morgan fingerprint density at radius 2 is 1.29 bits per heavy atom. The van der Waals surface area contributed by atoms with Gasteiger partial charge in [-0.3, -0.25) is 0 Å². The highest BCUT2D eigenvalue weighted by molar-refractivity contribution is 5.89. The third kappa shape index (κ3) is 5.95. The fraction of sp³-hybridized carbons (Fsp3) is 0.273. The smallest absolute Gasteiger partial charge is 0.138 e. The minimum absolute atomic E-state index is 0.167. The molecule has 4 rings (SSSR count). The molecule has 0 aliphatic rings. The fourth-order valence-corrected chi connectivity index (χ4v) is 4.39. The first-order chi connectivity index (χ1) is 16.7. The summed E-state index contributed by atoms with van der Waals surface area (Å²) in [4.78, 5) is 0. The minimum atomic E-state index is -0.167. The molecule has 1 heteroatoms. The number of benzene rings is 4. The maximum Gasteiger partial charge on any atom is 0.138 e. The van der Waals surface area contributed by atoms with Gasteiger partial charge in [0.2, 0.25) is 0 Å². The standard InChI is InChI=1S/C33H33F/c1-3-5-6-7-9-26-16-19-29(20-17-26)31-23-21-30-24-28(18-22-32(30)33(31)34)15-14-27-12-10-25(8-4-2)11-13-27/h10-13,16-24H,3-9H2,1-2H3. The topological polar surface area (TPSA) is 0 Å². The Morgan fingerprint density at radius 3 is 2.03 bits per heavy atom. The molecule has 0 N–H and O–H groups in total. The molecule has 0 fully saturated rings. The molecule has 4 aromatic carbocycles. The summed E-state index contributed by atoms with van der Waals surface area (Å²) in [5.41, 5.74) is 6.12. The van der Waals surface area contributed by atoms with Crippen LogP contribution < -0.4 is 0 Å². The van der Waals surface area contributed by atoms with E-state index in [1.54, 1.807) is 0 Å². The lowest BCUT2D eigenvalue weighted by atomic mass is 9.97. The lowest BCUT2D eigenvalue weighted by Crippen LogP contribution is -1.90. The Kier molecular flexibility index (Phi) is 8.16. The Bertz CT molecular complexity index is 1280. The summed E-state index contributed by atoms with van der Waals surface area (Å²) < 4.78 is 15.4. The van der Waals surface area contributed by atoms with E-state index in [-0.39, 0.29) is 5.82 Å². The highest BCUT2D eigenvalue weighted by Crippen LogP contribution is 2.30. The zero-order valence-electron chi connectivity index (χ0n) is 20.3. The number of rotatable bonds is 8. The summed E-state index contributed by atoms with van der Waals surface area (Å²) in [6.45, 7) is 4.42. The molecule has 0 radical (unpaired) electrons. The molecule has 34 heavy (non-hydrogen) atoms. The molecule has 0 heterocycles. The van der Waals surface area contributed by atoms with E-state index in [1.807, 2.05) is 42.5 Å². The lowest BCUT2D eigenvalue weighted by molar-refractivity contribution is 0.643. The summed E-state index contributed by atoms with van der Waals surface area (Å²) in [6, 6.07) is 26.4. The van der Waals surface area contributed by atoms with Crippen molar-refractivity contribution in [3.63, 3.8) is 0 Å². The third-order valence-electron chi connectivity index (χ3n) is 6.38. The summed E-state index contributed by atoms with van der Waals surface area (Å²) in [5.74, 6) is 6.29. The van der Waals surface area contributed by atoms with Crippen molar-refractivity contribution in [1.82, 2.24) is 0 Å². The number of hydrogen-bond donors (Lipinski definition) is 0. The molecule has 0 saturated carbocycles. The predicted molar refractivity (Wildman–Crippen MR) is 144 cm³/mol. The highest BCUT2D eigenvalue weighted by Gasteiger charge is 2.10. The van der Waals surface area contributed by atoms with Crippen LogP contribution in [0.4, 0.5) is 4.39 Å². The highest BCUT2D eigenvalue weighted by atomic mass is 19.1. The Hall–Kier alpha value is -3.37. The van der Waals surface area contributed by atoms with Crippen LogP contribution in [0.2, 0.25) is 0 Å². The number of fused-ring (bicyclic) bond motifs is 1. The van der Waals surface area contributed by atoms with Crippen LogP contribution in [0.3, 0.4) is 0 Å². The predicted octanol–water partition coefficient (Wildman–Crippen LogP) is 9.12. The number of aryl methyl sites for hydroxylation is 2. The van der Waals surface area contributed by atoms with Gasteiger partial charge in [0, 0.05) is 22.1 Å². The average molecular weight is 449 g/mol. The van der Waals surface area contributed by atoms with Crippen molar-refractivity contribution < 1.29 is 4.39 Å². The first-order valence-electron chi connectivity index (χ1n) is 12.6. The van der Waals surface area contributed by atoms with Crippen LogP contribution in [0, 0.1) is 17.7 Å². The largest absolute Gasteiger partial charge is 0.206 e. The van der Waals surface area contributed by atoms with E-state index in [0.29, 0.717) is 10.9 Å². The van der Waals surface area contributed by atoms with Crippen molar-refractivity contribution in [3.8, 4) is 23.0 Å². The molecule has 0 aromatic heterocycles. The molecule has 172 valence electrons. The van der Waals surface area contributed by atoms with E-state index in [9.17, 15) is 0 Å². The average Bonchev–Trinajstić information content (AvgIpc) is 2.87. The van der Waals surface area contributed by atoms with Gasteiger partial charge in [0.1, 0.15) is 5.82 Å². The second-order valence-corrected chi connectivity index (χ2v) is 9.07. The zero-order valence-corrected chi connectivity index (χ0v) is 20.3. The van der Waals surface area contributed by atoms with E-state index in [1.165, 1.54) is 36.8 Å². The van der Waals surface area contributed by atoms with Gasteiger partial charge >= 0.3 is 0 Å². The monoisotopic (exact) mass is 448 g/mol. The fourth-order valence-electron chi connectivity index (χ4n) is 4.39. The Morgan fingerprint density at radius 1 is 0.618 bits per heavy atom. The van der Waals surface area contributed by atoms with Crippen LogP contribution in [-0.4, -0.2) is 0 Å². The van der Waals surface area contributed by atoms with Crippen molar-refractivity contribution in [2.24, 2.45) is 0 Å². The van der Waals surface area contributed by atoms with Crippen molar-refractivity contribution >= 4 is 10.8 Å². The molecular weight excluding hydrogens is 415 g/mol. The summed E-state index contributed by atoms with van der Waals surface area (Å²) in [6.07, 6.45) is 8.36. The zero-order chi connectivity index (χ0) is 23.8. The first-order valence-corrected chi connectivity index (χ1v) is 12.6. The van der Waals surface area contributed by atoms with Gasteiger partial charge in [-0.25, -0.2) is 4.39 Å². The van der Waals surface area contributed by atoms with E-state index < -0.39 is 0 Å². The van der Waals surface area contributed by atoms with Gasteiger partial charge in [-0.2, -0.15) is 0 Å². The maximum atomic E-state index is 15.4. The quantitative estimate of drug-likeness (QED) is 0.186. The molecule has 0 spiro atoms.